The second kappa shape index (κ2) is 6.53. The summed E-state index contributed by atoms with van der Waals surface area (Å²) in [6.45, 7) is 7.92. The molecule has 0 heterocycles. The molecule has 0 amide bonds. The number of nitrogens with one attached hydrogen (secondary N) is 1. The Morgan fingerprint density at radius 1 is 1.45 bits per heavy atom. The Bertz CT molecular complexity index is 512. The van der Waals surface area contributed by atoms with Gasteiger partial charge in [-0.15, -0.1) is 0 Å². The van der Waals surface area contributed by atoms with E-state index in [-0.39, 0.29) is 11.6 Å². The predicted molar refractivity (Wildman–Crippen MR) is 78.3 cm³/mol. The van der Waals surface area contributed by atoms with Crippen molar-refractivity contribution in [1.82, 2.24) is 5.32 Å². The van der Waals surface area contributed by atoms with Gasteiger partial charge in [0.15, 0.2) is 0 Å². The number of benzene rings is 1. The molecule has 4 heteroatoms. The molecule has 1 aromatic carbocycles. The molecule has 0 spiro atoms. The molecule has 0 bridgehead atoms. The first-order valence-corrected chi connectivity index (χ1v) is 6.72. The molecular weight excluding hydrogens is 252 g/mol. The van der Waals surface area contributed by atoms with Crippen molar-refractivity contribution < 1.29 is 9.90 Å². The maximum Gasteiger partial charge on any atom is 0.308 e. The number of nitrogens with zero attached hydrogens (tertiary/aromatic N) is 1. The largest absolute Gasteiger partial charge is 0.481 e. The zero-order valence-electron chi connectivity index (χ0n) is 12.5. The third kappa shape index (κ3) is 5.02. The smallest absolute Gasteiger partial charge is 0.308 e. The van der Waals surface area contributed by atoms with Crippen molar-refractivity contribution in [3.63, 3.8) is 0 Å². The van der Waals surface area contributed by atoms with E-state index >= 15 is 0 Å². The predicted octanol–water partition coefficient (Wildman–Crippen LogP) is 2.58. The summed E-state index contributed by atoms with van der Waals surface area (Å²) in [6, 6.07) is 9.04. The maximum atomic E-state index is 11.5. The van der Waals surface area contributed by atoms with Crippen molar-refractivity contribution >= 4 is 5.97 Å². The molecule has 0 saturated heterocycles. The number of hydrogen-bond donors (Lipinski definition) is 2. The fourth-order valence-electron chi connectivity index (χ4n) is 2.28. The van der Waals surface area contributed by atoms with E-state index in [0.717, 1.165) is 5.56 Å². The lowest BCUT2D eigenvalue weighted by molar-refractivity contribution is -0.142. The van der Waals surface area contributed by atoms with Gasteiger partial charge in [0.25, 0.3) is 0 Å². The van der Waals surface area contributed by atoms with E-state index in [1.165, 1.54) is 0 Å². The summed E-state index contributed by atoms with van der Waals surface area (Å²) in [5.74, 6) is -1.35. The standard InChI is InChI=1S/C16H22N2O2/c1-11(18-16(2,3)4)14(15(19)20)9-12-6-5-7-13(8-12)10-17/h5-8,11,14,18H,9H2,1-4H3,(H,19,20). The summed E-state index contributed by atoms with van der Waals surface area (Å²) >= 11 is 0. The second-order valence-corrected chi connectivity index (χ2v) is 6.14. The van der Waals surface area contributed by atoms with Gasteiger partial charge in [0, 0.05) is 11.6 Å². The van der Waals surface area contributed by atoms with Crippen molar-refractivity contribution in [2.75, 3.05) is 0 Å². The molecule has 0 aliphatic rings. The third-order valence-corrected chi connectivity index (χ3v) is 3.09. The number of nitriles is 1. The quantitative estimate of drug-likeness (QED) is 0.865. The van der Waals surface area contributed by atoms with E-state index in [9.17, 15) is 9.90 Å². The second-order valence-electron chi connectivity index (χ2n) is 6.14. The zero-order valence-corrected chi connectivity index (χ0v) is 12.5. The van der Waals surface area contributed by atoms with Crippen LogP contribution in [0.3, 0.4) is 0 Å². The highest BCUT2D eigenvalue weighted by Gasteiger charge is 2.27. The summed E-state index contributed by atoms with van der Waals surface area (Å²) in [5, 5.41) is 21.6. The normalized spacial score (nSPS) is 14.3. The zero-order chi connectivity index (χ0) is 15.3. The fraction of sp³-hybridized carbons (Fsp3) is 0.500. The van der Waals surface area contributed by atoms with Gasteiger partial charge in [0.2, 0.25) is 0 Å². The van der Waals surface area contributed by atoms with Crippen LogP contribution < -0.4 is 5.32 Å². The van der Waals surface area contributed by atoms with Crippen LogP contribution in [-0.4, -0.2) is 22.7 Å². The number of carbonyl (C=O) groups is 1. The minimum absolute atomic E-state index is 0.137. The molecule has 4 nitrogen and oxygen atoms in total. The number of hydrogen-bond acceptors (Lipinski definition) is 3. The van der Waals surface area contributed by atoms with E-state index in [1.54, 1.807) is 18.2 Å². The monoisotopic (exact) mass is 274 g/mol. The number of aliphatic carboxylic acids is 1. The molecule has 2 N–H and O–H groups in total. The van der Waals surface area contributed by atoms with Gasteiger partial charge in [-0.3, -0.25) is 4.79 Å². The van der Waals surface area contributed by atoms with Crippen molar-refractivity contribution in [3.05, 3.63) is 35.4 Å². The molecule has 0 aliphatic carbocycles. The minimum atomic E-state index is -0.823. The van der Waals surface area contributed by atoms with Gasteiger partial charge in [-0.25, -0.2) is 0 Å². The van der Waals surface area contributed by atoms with Crippen LogP contribution in [0.5, 0.6) is 0 Å². The summed E-state index contributed by atoms with van der Waals surface area (Å²) in [6.07, 6.45) is 0.412. The van der Waals surface area contributed by atoms with E-state index in [2.05, 4.69) is 11.4 Å². The van der Waals surface area contributed by atoms with Crippen LogP contribution in [0.1, 0.15) is 38.8 Å². The Balaban J connectivity index is 2.87. The van der Waals surface area contributed by atoms with Gasteiger partial charge >= 0.3 is 5.97 Å². The molecule has 0 radical (unpaired) electrons. The van der Waals surface area contributed by atoms with Crippen LogP contribution in [-0.2, 0) is 11.2 Å². The van der Waals surface area contributed by atoms with Crippen LogP contribution in [0, 0.1) is 17.2 Å². The lowest BCUT2D eigenvalue weighted by Gasteiger charge is -2.30. The van der Waals surface area contributed by atoms with Crippen molar-refractivity contribution in [2.24, 2.45) is 5.92 Å². The van der Waals surface area contributed by atoms with Crippen molar-refractivity contribution in [3.8, 4) is 6.07 Å². The average molecular weight is 274 g/mol. The van der Waals surface area contributed by atoms with Gasteiger partial charge < -0.3 is 10.4 Å². The first-order chi connectivity index (χ1) is 9.23. The lowest BCUT2D eigenvalue weighted by Crippen LogP contribution is -2.48. The summed E-state index contributed by atoms with van der Waals surface area (Å²) in [7, 11) is 0. The van der Waals surface area contributed by atoms with Crippen LogP contribution in [0.2, 0.25) is 0 Å². The Morgan fingerprint density at radius 2 is 2.10 bits per heavy atom. The molecule has 0 fully saturated rings. The first-order valence-electron chi connectivity index (χ1n) is 6.72. The highest BCUT2D eigenvalue weighted by molar-refractivity contribution is 5.71. The Labute approximate surface area is 120 Å². The average Bonchev–Trinajstić information content (AvgIpc) is 2.33. The molecule has 2 unspecified atom stereocenters. The summed E-state index contributed by atoms with van der Waals surface area (Å²) in [4.78, 5) is 11.5. The molecular formula is C16H22N2O2. The molecule has 108 valence electrons. The van der Waals surface area contributed by atoms with Crippen LogP contribution in [0.15, 0.2) is 24.3 Å². The minimum Gasteiger partial charge on any atom is -0.481 e. The van der Waals surface area contributed by atoms with E-state index in [4.69, 9.17) is 5.26 Å². The van der Waals surface area contributed by atoms with Gasteiger partial charge in [-0.2, -0.15) is 5.26 Å². The first kappa shape index (κ1) is 16.2. The molecule has 2 atom stereocenters. The van der Waals surface area contributed by atoms with Gasteiger partial charge in [-0.05, 0) is 51.8 Å². The fourth-order valence-corrected chi connectivity index (χ4v) is 2.28. The van der Waals surface area contributed by atoms with Crippen LogP contribution in [0.4, 0.5) is 0 Å². The van der Waals surface area contributed by atoms with E-state index in [0.29, 0.717) is 12.0 Å². The highest BCUT2D eigenvalue weighted by Crippen LogP contribution is 2.16. The number of carboxylic acids is 1. The Morgan fingerprint density at radius 3 is 2.60 bits per heavy atom. The van der Waals surface area contributed by atoms with Crippen LogP contribution >= 0.6 is 0 Å². The Kier molecular flexibility index (Phi) is 5.29. The SMILES string of the molecule is CC(NC(C)(C)C)C(Cc1cccc(C#N)c1)C(=O)O. The van der Waals surface area contributed by atoms with Gasteiger partial charge in [0.05, 0.1) is 17.6 Å². The van der Waals surface area contributed by atoms with Crippen LogP contribution in [0.25, 0.3) is 0 Å². The molecule has 0 saturated carbocycles. The van der Waals surface area contributed by atoms with E-state index < -0.39 is 11.9 Å². The van der Waals surface area contributed by atoms with Crippen molar-refractivity contribution in [2.45, 2.75) is 45.7 Å². The number of carboxylic acid groups (broad SMARTS) is 1. The van der Waals surface area contributed by atoms with Crippen molar-refractivity contribution in [1.29, 1.82) is 5.26 Å². The Hall–Kier alpha value is -1.86. The van der Waals surface area contributed by atoms with Gasteiger partial charge in [0.1, 0.15) is 0 Å². The number of rotatable bonds is 5. The highest BCUT2D eigenvalue weighted by atomic mass is 16.4. The lowest BCUT2D eigenvalue weighted by atomic mass is 9.91. The molecule has 0 aliphatic heterocycles. The van der Waals surface area contributed by atoms with E-state index in [1.807, 2.05) is 33.8 Å². The third-order valence-electron chi connectivity index (χ3n) is 3.09. The summed E-state index contributed by atoms with van der Waals surface area (Å²) in [5.41, 5.74) is 1.30. The van der Waals surface area contributed by atoms with Gasteiger partial charge in [-0.1, -0.05) is 12.1 Å². The molecule has 20 heavy (non-hydrogen) atoms. The summed E-state index contributed by atoms with van der Waals surface area (Å²) < 4.78 is 0. The molecule has 1 rings (SSSR count). The molecule has 1 aromatic rings. The topological polar surface area (TPSA) is 73.1 Å². The maximum absolute atomic E-state index is 11.5. The molecule has 0 aromatic heterocycles.